The highest BCUT2D eigenvalue weighted by Gasteiger charge is 2.42. The molecule has 0 unspecified atom stereocenters. The summed E-state index contributed by atoms with van der Waals surface area (Å²) in [6, 6.07) is 14.8. The highest BCUT2D eigenvalue weighted by molar-refractivity contribution is 7.92. The SMILES string of the molecule is Cc1[nH]nc(Nc2ncnc3cc(OCC4CCN(c5cc(N6CCN(C[C@H]7CN[C@H](C)CN7CC(=O)N7CC(C)(C)c8ncc(Cc9ccc(F)cc9)cc87)[C@H](C)C6)ncn5)CC4)c(S(=O)(=O)C(C)(C)C)cc23)c1C. The van der Waals surface area contributed by atoms with Crippen LogP contribution in [0.25, 0.3) is 10.9 Å². The maximum Gasteiger partial charge on any atom is 0.241 e. The van der Waals surface area contributed by atoms with Gasteiger partial charge < -0.3 is 30.1 Å². The Hall–Kier alpha value is -6.35. The Kier molecular flexibility index (Phi) is 14.8. The van der Waals surface area contributed by atoms with Crippen molar-refractivity contribution in [2.24, 2.45) is 5.92 Å². The molecule has 18 nitrogen and oxygen atoms in total. The van der Waals surface area contributed by atoms with E-state index in [0.717, 1.165) is 111 Å². The average molecular weight is 1060 g/mol. The molecule has 8 heterocycles. The minimum atomic E-state index is -3.83. The van der Waals surface area contributed by atoms with Crippen LogP contribution in [-0.4, -0.2) is 154 Å². The zero-order valence-electron chi connectivity index (χ0n) is 45.4. The number of nitrogens with zero attached hydrogens (tertiary/aromatic N) is 11. The van der Waals surface area contributed by atoms with Gasteiger partial charge in [0.1, 0.15) is 46.6 Å². The van der Waals surface area contributed by atoms with Crippen molar-refractivity contribution in [2.75, 3.05) is 92.1 Å². The lowest BCUT2D eigenvalue weighted by Gasteiger charge is -2.46. The first-order valence-electron chi connectivity index (χ1n) is 26.7. The molecule has 1 amide bonds. The van der Waals surface area contributed by atoms with Crippen LogP contribution in [0.5, 0.6) is 5.75 Å². The Morgan fingerprint density at radius 3 is 2.32 bits per heavy atom. The van der Waals surface area contributed by atoms with Crippen LogP contribution >= 0.6 is 0 Å². The summed E-state index contributed by atoms with van der Waals surface area (Å²) in [5, 5.41) is 14.9. The van der Waals surface area contributed by atoms with Crippen LogP contribution < -0.4 is 30.1 Å². The standard InChI is InChI=1S/C56H73FN14O4S/c1-35-27-70(30-51(72)71-32-56(8,9)52-46(71)21-41(25-59-52)20-39-10-12-42(57)13-11-39)43(26-58-35)29-68-18-19-69(28-36(68)2)50-24-49(61-34-62-50)67-16-14-40(15-17-67)31-75-47-23-45-44(22-48(47)76(73,74)55(5,6)7)54(63-33-60-45)64-53-37(3)38(4)65-66-53/h10-13,21-25,33-36,40,43,58H,14-20,26-32H2,1-9H3,(H2,60,63,64,65,66)/t35-,36-,43-/m1/s1. The summed E-state index contributed by atoms with van der Waals surface area (Å²) in [5.41, 5.74) is 5.94. The lowest BCUT2D eigenvalue weighted by atomic mass is 9.91. The number of nitrogens with one attached hydrogen (secondary N) is 3. The van der Waals surface area contributed by atoms with E-state index in [1.54, 1.807) is 51.4 Å². The first-order valence-corrected chi connectivity index (χ1v) is 28.2. The molecule has 0 spiro atoms. The van der Waals surface area contributed by atoms with E-state index < -0.39 is 14.6 Å². The fourth-order valence-corrected chi connectivity index (χ4v) is 12.4. The van der Waals surface area contributed by atoms with Gasteiger partial charge in [0.25, 0.3) is 0 Å². The molecule has 4 aliphatic rings. The number of carbonyl (C=O) groups excluding carboxylic acids is 1. The van der Waals surface area contributed by atoms with Crippen molar-refractivity contribution in [1.29, 1.82) is 0 Å². The number of aromatic nitrogens is 7. The fourth-order valence-electron chi connectivity index (χ4n) is 11.1. The lowest BCUT2D eigenvalue weighted by Crippen LogP contribution is -2.63. The van der Waals surface area contributed by atoms with Gasteiger partial charge in [0.15, 0.2) is 15.7 Å². The molecular weight excluding hydrogens is 984 g/mol. The number of piperidine rings is 1. The van der Waals surface area contributed by atoms with Crippen molar-refractivity contribution in [2.45, 2.75) is 115 Å². The Balaban J connectivity index is 0.746. The molecule has 2 aromatic carbocycles. The zero-order chi connectivity index (χ0) is 53.7. The summed E-state index contributed by atoms with van der Waals surface area (Å²) < 4.78 is 47.3. The maximum atomic E-state index is 14.4. The van der Waals surface area contributed by atoms with E-state index in [1.807, 2.05) is 24.9 Å². The fraction of sp³-hybridized carbons (Fsp3) is 0.518. The molecule has 0 aliphatic carbocycles. The number of H-pyrrole nitrogens is 1. The van der Waals surface area contributed by atoms with E-state index in [1.165, 1.54) is 18.5 Å². The number of rotatable bonds is 14. The number of aryl methyl sites for hydroxylation is 1. The number of sulfone groups is 1. The molecule has 6 aromatic rings. The van der Waals surface area contributed by atoms with E-state index in [4.69, 9.17) is 19.7 Å². The molecule has 76 heavy (non-hydrogen) atoms. The molecule has 0 radical (unpaired) electrons. The Morgan fingerprint density at radius 2 is 1.61 bits per heavy atom. The number of halogens is 1. The highest BCUT2D eigenvalue weighted by Crippen LogP contribution is 2.41. The number of benzene rings is 2. The Morgan fingerprint density at radius 1 is 0.868 bits per heavy atom. The van der Waals surface area contributed by atoms with Gasteiger partial charge in [-0.3, -0.25) is 24.7 Å². The minimum Gasteiger partial charge on any atom is -0.492 e. The number of hydrogen-bond donors (Lipinski definition) is 3. The van der Waals surface area contributed by atoms with Gasteiger partial charge >= 0.3 is 0 Å². The quantitative estimate of drug-likeness (QED) is 0.101. The number of piperazine rings is 2. The molecule has 404 valence electrons. The number of fused-ring (bicyclic) bond motifs is 2. The van der Waals surface area contributed by atoms with Crippen LogP contribution in [0.15, 0.2) is 72.3 Å². The number of anilines is 5. The van der Waals surface area contributed by atoms with Crippen molar-refractivity contribution in [3.05, 3.63) is 101 Å². The molecule has 4 aromatic heterocycles. The molecule has 4 aliphatic heterocycles. The predicted molar refractivity (Wildman–Crippen MR) is 295 cm³/mol. The van der Waals surface area contributed by atoms with Crippen LogP contribution in [0.2, 0.25) is 0 Å². The third-order valence-corrected chi connectivity index (χ3v) is 18.5. The second-order valence-electron chi connectivity index (χ2n) is 23.1. The first-order chi connectivity index (χ1) is 36.2. The summed E-state index contributed by atoms with van der Waals surface area (Å²) in [4.78, 5) is 49.4. The number of pyridine rings is 1. The maximum absolute atomic E-state index is 14.4. The van der Waals surface area contributed by atoms with Crippen molar-refractivity contribution in [3.63, 3.8) is 0 Å². The van der Waals surface area contributed by atoms with Gasteiger partial charge in [0.05, 0.1) is 34.8 Å². The van der Waals surface area contributed by atoms with Crippen molar-refractivity contribution in [3.8, 4) is 5.75 Å². The van der Waals surface area contributed by atoms with Crippen LogP contribution in [-0.2, 0) is 26.5 Å². The Bertz CT molecular complexity index is 3190. The van der Waals surface area contributed by atoms with E-state index in [-0.39, 0.29) is 51.8 Å². The zero-order valence-corrected chi connectivity index (χ0v) is 46.2. The third-order valence-electron chi connectivity index (χ3n) is 16.0. The van der Waals surface area contributed by atoms with Gasteiger partial charge in [-0.1, -0.05) is 26.0 Å². The summed E-state index contributed by atoms with van der Waals surface area (Å²) >= 11 is 0. The lowest BCUT2D eigenvalue weighted by molar-refractivity contribution is -0.120. The summed E-state index contributed by atoms with van der Waals surface area (Å²) in [7, 11) is -3.83. The predicted octanol–water partition coefficient (Wildman–Crippen LogP) is 6.99. The second kappa shape index (κ2) is 21.2. The third kappa shape index (κ3) is 11.1. The highest BCUT2D eigenvalue weighted by atomic mass is 32.2. The number of hydrogen-bond acceptors (Lipinski definition) is 16. The van der Waals surface area contributed by atoms with Crippen molar-refractivity contribution >= 4 is 55.6 Å². The molecule has 0 bridgehead atoms. The summed E-state index contributed by atoms with van der Waals surface area (Å²) in [5.74, 6) is 3.18. The van der Waals surface area contributed by atoms with Gasteiger partial charge in [-0.2, -0.15) is 5.10 Å². The molecule has 3 atom stereocenters. The molecule has 0 saturated carbocycles. The largest absolute Gasteiger partial charge is 0.492 e. The van der Waals surface area contributed by atoms with Crippen molar-refractivity contribution < 1.29 is 22.3 Å². The first kappa shape index (κ1) is 53.1. The van der Waals surface area contributed by atoms with Gasteiger partial charge in [0.2, 0.25) is 5.91 Å². The van der Waals surface area contributed by atoms with E-state index >= 15 is 0 Å². The van der Waals surface area contributed by atoms with Gasteiger partial charge in [0, 0.05) is 117 Å². The van der Waals surface area contributed by atoms with E-state index in [0.29, 0.717) is 48.7 Å². The molecule has 3 N–H and O–H groups in total. The van der Waals surface area contributed by atoms with Crippen LogP contribution in [0.1, 0.15) is 89.4 Å². The van der Waals surface area contributed by atoms with Gasteiger partial charge in [-0.25, -0.2) is 32.7 Å². The molecule has 20 heteroatoms. The summed E-state index contributed by atoms with van der Waals surface area (Å²) in [6.45, 7) is 25.5. The normalized spacial score (nSPS) is 20.8. The smallest absolute Gasteiger partial charge is 0.241 e. The van der Waals surface area contributed by atoms with E-state index in [2.05, 4.69) is 90.2 Å². The Labute approximate surface area is 446 Å². The van der Waals surface area contributed by atoms with Gasteiger partial charge in [-0.15, -0.1) is 0 Å². The number of aromatic amines is 1. The van der Waals surface area contributed by atoms with Crippen LogP contribution in [0.3, 0.4) is 0 Å². The van der Waals surface area contributed by atoms with Gasteiger partial charge in [-0.05, 0) is 109 Å². The molecule has 3 fully saturated rings. The molecule has 10 rings (SSSR count). The van der Waals surface area contributed by atoms with E-state index in [9.17, 15) is 17.6 Å². The number of carbonyl (C=O) groups is 1. The molecular formula is C56H73FN14O4S. The average Bonchev–Trinajstić information content (AvgIpc) is 3.88. The second-order valence-corrected chi connectivity index (χ2v) is 25.8. The summed E-state index contributed by atoms with van der Waals surface area (Å²) in [6.07, 6.45) is 7.32. The minimum absolute atomic E-state index is 0.0844. The topological polar surface area (TPSA) is 194 Å². The monoisotopic (exact) mass is 1060 g/mol. The molecule has 3 saturated heterocycles. The van der Waals surface area contributed by atoms with Crippen LogP contribution in [0.4, 0.5) is 33.3 Å². The number of ether oxygens (including phenoxy) is 1. The van der Waals surface area contributed by atoms with Crippen molar-refractivity contribution in [1.82, 2.24) is 50.2 Å². The number of amides is 1. The van der Waals surface area contributed by atoms with Crippen LogP contribution in [0, 0.1) is 25.6 Å².